The van der Waals surface area contributed by atoms with Gasteiger partial charge in [-0.05, 0) is 24.3 Å². The van der Waals surface area contributed by atoms with Crippen molar-refractivity contribution in [1.82, 2.24) is 5.32 Å². The molecular weight excluding hydrogens is 384 g/mol. The van der Waals surface area contributed by atoms with Gasteiger partial charge >= 0.3 is 6.03 Å². The zero-order chi connectivity index (χ0) is 18.9. The van der Waals surface area contributed by atoms with Crippen LogP contribution in [-0.2, 0) is 4.79 Å². The first-order valence-electron chi connectivity index (χ1n) is 7.59. The van der Waals surface area contributed by atoms with Crippen LogP contribution in [0.15, 0.2) is 53.4 Å². The molecule has 0 fully saturated rings. The molecule has 0 aliphatic heterocycles. The number of para-hydroxylation sites is 1. The average molecular weight is 400 g/mol. The van der Waals surface area contributed by atoms with Crippen molar-refractivity contribution < 1.29 is 18.4 Å². The lowest BCUT2D eigenvalue weighted by atomic mass is 10.3. The van der Waals surface area contributed by atoms with Crippen LogP contribution < -0.4 is 16.0 Å². The van der Waals surface area contributed by atoms with E-state index in [1.54, 1.807) is 30.3 Å². The molecule has 0 atom stereocenters. The lowest BCUT2D eigenvalue weighted by molar-refractivity contribution is -0.116. The number of hydrogen-bond acceptors (Lipinski definition) is 3. The third-order valence-electron chi connectivity index (χ3n) is 3.12. The van der Waals surface area contributed by atoms with Crippen molar-refractivity contribution in [2.45, 2.75) is 17.1 Å². The zero-order valence-corrected chi connectivity index (χ0v) is 15.0. The minimum Gasteiger partial charge on any atom is -0.337 e. The van der Waals surface area contributed by atoms with E-state index in [4.69, 9.17) is 11.6 Å². The summed E-state index contributed by atoms with van der Waals surface area (Å²) in [6, 6.07) is 12.9. The van der Waals surface area contributed by atoms with Crippen molar-refractivity contribution >= 4 is 46.7 Å². The molecule has 0 unspecified atom stereocenters. The molecule has 26 heavy (non-hydrogen) atoms. The summed E-state index contributed by atoms with van der Waals surface area (Å²) in [5, 5.41) is 7.83. The number of halogens is 3. The van der Waals surface area contributed by atoms with Crippen molar-refractivity contribution in [2.24, 2.45) is 0 Å². The third-order valence-corrected chi connectivity index (χ3v) is 4.40. The molecule has 0 saturated heterocycles. The fraction of sp³-hybridized carbons (Fsp3) is 0.176. The number of thioether (sulfide) groups is 1. The second-order valence-corrected chi connectivity index (χ2v) is 6.45. The van der Waals surface area contributed by atoms with Gasteiger partial charge in [-0.25, -0.2) is 4.79 Å². The lowest BCUT2D eigenvalue weighted by Gasteiger charge is -2.12. The van der Waals surface area contributed by atoms with Crippen LogP contribution in [0.5, 0.6) is 0 Å². The summed E-state index contributed by atoms with van der Waals surface area (Å²) in [4.78, 5) is 23.8. The highest BCUT2D eigenvalue weighted by Gasteiger charge is 2.15. The van der Waals surface area contributed by atoms with Crippen molar-refractivity contribution in [2.75, 3.05) is 17.2 Å². The molecule has 3 amide bonds. The summed E-state index contributed by atoms with van der Waals surface area (Å²) in [5.41, 5.74) is 0.837. The Labute approximate surface area is 158 Å². The molecule has 0 heterocycles. The number of carbonyl (C=O) groups is 2. The Balaban J connectivity index is 1.82. The van der Waals surface area contributed by atoms with Crippen LogP contribution in [0.25, 0.3) is 0 Å². The fourth-order valence-corrected chi connectivity index (χ4v) is 2.93. The number of urea groups is 1. The van der Waals surface area contributed by atoms with E-state index in [2.05, 4.69) is 16.0 Å². The van der Waals surface area contributed by atoms with E-state index in [0.717, 1.165) is 0 Å². The number of benzene rings is 2. The van der Waals surface area contributed by atoms with E-state index < -0.39 is 17.7 Å². The molecule has 0 radical (unpaired) electrons. The Morgan fingerprint density at radius 3 is 2.46 bits per heavy atom. The second-order valence-electron chi connectivity index (χ2n) is 5.04. The van der Waals surface area contributed by atoms with E-state index in [1.807, 2.05) is 6.07 Å². The van der Waals surface area contributed by atoms with Gasteiger partial charge < -0.3 is 16.0 Å². The number of hydrogen-bond donors (Lipinski definition) is 3. The lowest BCUT2D eigenvalue weighted by Crippen LogP contribution is -2.31. The van der Waals surface area contributed by atoms with Crippen LogP contribution in [0.2, 0.25) is 5.02 Å². The summed E-state index contributed by atoms with van der Waals surface area (Å²) in [6.45, 7) is 0.0857. The van der Waals surface area contributed by atoms with E-state index in [1.165, 1.54) is 12.1 Å². The van der Waals surface area contributed by atoms with E-state index in [0.29, 0.717) is 5.69 Å². The Kier molecular flexibility index (Phi) is 7.68. The highest BCUT2D eigenvalue weighted by Crippen LogP contribution is 2.37. The van der Waals surface area contributed by atoms with Crippen LogP contribution in [0, 0.1) is 0 Å². The maximum absolute atomic E-state index is 12.6. The Morgan fingerprint density at radius 2 is 1.77 bits per heavy atom. The van der Waals surface area contributed by atoms with Gasteiger partial charge in [0.1, 0.15) is 0 Å². The molecule has 2 rings (SSSR count). The van der Waals surface area contributed by atoms with Gasteiger partial charge in [0.2, 0.25) is 5.91 Å². The van der Waals surface area contributed by atoms with E-state index >= 15 is 0 Å². The minimum absolute atomic E-state index is 0.0203. The molecule has 0 spiro atoms. The van der Waals surface area contributed by atoms with Crippen LogP contribution in [0.3, 0.4) is 0 Å². The van der Waals surface area contributed by atoms with Crippen molar-refractivity contribution in [3.05, 3.63) is 53.6 Å². The molecule has 0 aromatic heterocycles. The molecule has 5 nitrogen and oxygen atoms in total. The number of alkyl halides is 2. The number of carbonyl (C=O) groups excluding carboxylic acids is 2. The highest BCUT2D eigenvalue weighted by molar-refractivity contribution is 7.99. The normalized spacial score (nSPS) is 10.5. The van der Waals surface area contributed by atoms with Crippen molar-refractivity contribution in [3.8, 4) is 0 Å². The molecule has 0 aliphatic carbocycles. The van der Waals surface area contributed by atoms with E-state index in [9.17, 15) is 18.4 Å². The smallest absolute Gasteiger partial charge is 0.319 e. The molecule has 9 heteroatoms. The fourth-order valence-electron chi connectivity index (χ4n) is 2.02. The van der Waals surface area contributed by atoms with Crippen molar-refractivity contribution in [1.29, 1.82) is 0 Å². The molecule has 3 N–H and O–H groups in total. The SMILES string of the molecule is O=C(CCNC(=O)Nc1ccccc1)Nc1cccc(Cl)c1SC(F)F. The zero-order valence-electron chi connectivity index (χ0n) is 13.5. The van der Waals surface area contributed by atoms with Gasteiger partial charge in [0.05, 0.1) is 15.6 Å². The van der Waals surface area contributed by atoms with Gasteiger partial charge in [-0.15, -0.1) is 0 Å². The summed E-state index contributed by atoms with van der Waals surface area (Å²) in [7, 11) is 0. The summed E-state index contributed by atoms with van der Waals surface area (Å²) in [6.07, 6.45) is -0.0203. The number of anilines is 2. The first-order chi connectivity index (χ1) is 12.5. The van der Waals surface area contributed by atoms with E-state index in [-0.39, 0.29) is 40.3 Å². The van der Waals surface area contributed by atoms with Gasteiger partial charge in [-0.3, -0.25) is 4.79 Å². The second kappa shape index (κ2) is 9.98. The topological polar surface area (TPSA) is 70.2 Å². The van der Waals surface area contributed by atoms with Gasteiger partial charge in [0.15, 0.2) is 0 Å². The molecular formula is C17H16ClF2N3O2S. The quantitative estimate of drug-likeness (QED) is 0.585. The number of amides is 3. The number of rotatable bonds is 7. The largest absolute Gasteiger partial charge is 0.337 e. The summed E-state index contributed by atoms with van der Waals surface area (Å²) < 4.78 is 25.3. The molecule has 0 bridgehead atoms. The molecule has 0 aliphatic rings. The van der Waals surface area contributed by atoms with Gasteiger partial charge in [0, 0.05) is 18.7 Å². The average Bonchev–Trinajstić information content (AvgIpc) is 2.58. The first kappa shape index (κ1) is 20.0. The molecule has 138 valence electrons. The number of nitrogens with one attached hydrogen (secondary N) is 3. The maximum atomic E-state index is 12.6. The van der Waals surface area contributed by atoms with Gasteiger partial charge in [-0.1, -0.05) is 47.6 Å². The predicted molar refractivity (Wildman–Crippen MR) is 100 cm³/mol. The summed E-state index contributed by atoms with van der Waals surface area (Å²) >= 11 is 6.17. The van der Waals surface area contributed by atoms with Crippen LogP contribution in [-0.4, -0.2) is 24.2 Å². The maximum Gasteiger partial charge on any atom is 0.319 e. The highest BCUT2D eigenvalue weighted by atomic mass is 35.5. The van der Waals surface area contributed by atoms with Crippen LogP contribution >= 0.6 is 23.4 Å². The van der Waals surface area contributed by atoms with Gasteiger partial charge in [0.25, 0.3) is 5.76 Å². The standard InChI is InChI=1S/C17H16ClF2N3O2S/c18-12-7-4-8-13(15(12)26-16(19)20)23-14(24)9-10-21-17(25)22-11-5-2-1-3-6-11/h1-8,16H,9-10H2,(H,23,24)(H2,21,22,25). The Bertz CT molecular complexity index is 763. The summed E-state index contributed by atoms with van der Waals surface area (Å²) in [5.74, 6) is -3.09. The van der Waals surface area contributed by atoms with Crippen LogP contribution in [0.1, 0.15) is 6.42 Å². The monoisotopic (exact) mass is 399 g/mol. The molecule has 2 aromatic rings. The van der Waals surface area contributed by atoms with Gasteiger partial charge in [-0.2, -0.15) is 8.78 Å². The first-order valence-corrected chi connectivity index (χ1v) is 8.84. The van der Waals surface area contributed by atoms with Crippen molar-refractivity contribution in [3.63, 3.8) is 0 Å². The Hall–Kier alpha value is -2.32. The third kappa shape index (κ3) is 6.53. The molecule has 0 saturated carbocycles. The molecule has 2 aromatic carbocycles. The minimum atomic E-state index is -2.66. The van der Waals surface area contributed by atoms with Crippen LogP contribution in [0.4, 0.5) is 25.0 Å². The predicted octanol–water partition coefficient (Wildman–Crippen LogP) is 4.81. The Morgan fingerprint density at radius 1 is 1.04 bits per heavy atom.